The number of aryl methyl sites for hydroxylation is 1. The molecule has 0 amide bonds. The van der Waals surface area contributed by atoms with Gasteiger partial charge in [0, 0.05) is 26.0 Å². The van der Waals surface area contributed by atoms with Crippen LogP contribution in [0.1, 0.15) is 16.8 Å². The van der Waals surface area contributed by atoms with Crippen molar-refractivity contribution in [3.63, 3.8) is 0 Å². The summed E-state index contributed by atoms with van der Waals surface area (Å²) < 4.78 is 1.65. The van der Waals surface area contributed by atoms with Gasteiger partial charge in [0.1, 0.15) is 17.2 Å². The average Bonchev–Trinajstić information content (AvgIpc) is 2.76. The molecule has 32 heavy (non-hydrogen) atoms. The molecule has 0 aliphatic heterocycles. The Morgan fingerprint density at radius 2 is 1.72 bits per heavy atom. The van der Waals surface area contributed by atoms with E-state index in [4.69, 9.17) is 9.98 Å². The summed E-state index contributed by atoms with van der Waals surface area (Å²) in [5, 5.41) is 24.7. The molecule has 6 nitrogen and oxygen atoms in total. The van der Waals surface area contributed by atoms with E-state index in [1.165, 1.54) is 18.3 Å². The van der Waals surface area contributed by atoms with Gasteiger partial charge in [-0.05, 0) is 80.7 Å². The first-order valence-electron chi connectivity index (χ1n) is 9.62. The van der Waals surface area contributed by atoms with E-state index in [2.05, 4.69) is 42.4 Å². The van der Waals surface area contributed by atoms with E-state index < -0.39 is 0 Å². The second kappa shape index (κ2) is 9.50. The lowest BCUT2D eigenvalue weighted by molar-refractivity contribution is 0.450. The summed E-state index contributed by atoms with van der Waals surface area (Å²) in [6, 6.07) is 19.9. The number of aromatic nitrogens is 1. The number of halogens is 2. The van der Waals surface area contributed by atoms with Gasteiger partial charge in [0.2, 0.25) is 0 Å². The summed E-state index contributed by atoms with van der Waals surface area (Å²) >= 11 is 7.16. The molecule has 0 fully saturated rings. The topological polar surface area (TPSA) is 90.1 Å². The normalized spacial score (nSPS) is 11.9. The van der Waals surface area contributed by atoms with Crippen molar-refractivity contribution < 1.29 is 10.2 Å². The molecule has 0 radical (unpaired) electrons. The summed E-state index contributed by atoms with van der Waals surface area (Å²) in [6.07, 6.45) is 1.45. The number of aliphatic imine (C=N–C) groups is 1. The van der Waals surface area contributed by atoms with Crippen molar-refractivity contribution in [2.75, 3.05) is 0 Å². The zero-order chi connectivity index (χ0) is 22.7. The number of hydrogen-bond acceptors (Lipinski definition) is 5. The predicted molar refractivity (Wildman–Crippen MR) is 135 cm³/mol. The van der Waals surface area contributed by atoms with E-state index in [1.807, 2.05) is 55.5 Å². The van der Waals surface area contributed by atoms with Crippen molar-refractivity contribution in [1.82, 2.24) is 10.4 Å². The smallest absolute Gasteiger partial charge is 0.173 e. The highest BCUT2D eigenvalue weighted by Crippen LogP contribution is 2.35. The molecule has 3 N–H and O–H groups in total. The van der Waals surface area contributed by atoms with E-state index in [0.29, 0.717) is 22.8 Å². The molecular formula is C24H18Br2N4O2. The highest BCUT2D eigenvalue weighted by Gasteiger charge is 2.11. The number of para-hydroxylation sites is 1. The minimum absolute atomic E-state index is 0.0238. The van der Waals surface area contributed by atoms with E-state index in [1.54, 1.807) is 6.07 Å². The summed E-state index contributed by atoms with van der Waals surface area (Å²) in [5.41, 5.74) is 6.61. The van der Waals surface area contributed by atoms with Crippen LogP contribution < -0.4 is 5.43 Å². The van der Waals surface area contributed by atoms with Gasteiger partial charge in [-0.2, -0.15) is 5.10 Å². The number of phenols is 2. The van der Waals surface area contributed by atoms with Crippen molar-refractivity contribution in [1.29, 1.82) is 0 Å². The molecular weight excluding hydrogens is 536 g/mol. The molecule has 0 spiro atoms. The minimum atomic E-state index is -0.0816. The van der Waals surface area contributed by atoms with Crippen LogP contribution in [-0.2, 0) is 0 Å². The van der Waals surface area contributed by atoms with E-state index in [-0.39, 0.29) is 11.5 Å². The minimum Gasteiger partial charge on any atom is -0.508 e. The number of fused-ring (bicyclic) bond motifs is 1. The average molecular weight is 554 g/mol. The van der Waals surface area contributed by atoms with Crippen LogP contribution in [0.15, 0.2) is 85.8 Å². The molecule has 0 aliphatic rings. The molecule has 0 saturated heterocycles. The van der Waals surface area contributed by atoms with E-state index >= 15 is 0 Å². The third-order valence-corrected chi connectivity index (χ3v) is 5.82. The second-order valence-corrected chi connectivity index (χ2v) is 8.75. The molecule has 4 rings (SSSR count). The molecule has 0 atom stereocenters. The van der Waals surface area contributed by atoms with Gasteiger partial charge in [0.25, 0.3) is 0 Å². The fourth-order valence-corrected chi connectivity index (χ4v) is 4.65. The Morgan fingerprint density at radius 1 is 0.969 bits per heavy atom. The van der Waals surface area contributed by atoms with Crippen molar-refractivity contribution in [3.8, 4) is 11.5 Å². The Hall–Kier alpha value is -3.23. The van der Waals surface area contributed by atoms with Gasteiger partial charge in [0.15, 0.2) is 5.84 Å². The van der Waals surface area contributed by atoms with Crippen LogP contribution in [0.4, 0.5) is 5.69 Å². The number of phenolic OH excluding ortho intramolecular Hbond substituents is 2. The molecule has 0 aliphatic carbocycles. The number of benzene rings is 3. The molecule has 0 saturated carbocycles. The molecule has 4 aromatic rings. The molecule has 3 aromatic carbocycles. The van der Waals surface area contributed by atoms with Crippen molar-refractivity contribution in [2.45, 2.75) is 6.92 Å². The highest BCUT2D eigenvalue weighted by atomic mass is 79.9. The maximum atomic E-state index is 9.99. The Kier molecular flexibility index (Phi) is 6.53. The van der Waals surface area contributed by atoms with Crippen molar-refractivity contribution in [2.24, 2.45) is 10.1 Å². The standard InChI is InChI=1S/C24H18Br2N4O2/c1-14-10-18(25)23(19(26)11-14)29-24(21-9-7-15-4-2-3-5-20(15)28-21)30-27-13-16-6-8-17(31)12-22(16)32/h2-13,31-32H,1H3,(H,29,30). The van der Waals surface area contributed by atoms with Crippen LogP contribution in [-0.4, -0.2) is 27.2 Å². The van der Waals surface area contributed by atoms with Crippen molar-refractivity contribution in [3.05, 3.63) is 92.5 Å². The van der Waals surface area contributed by atoms with Gasteiger partial charge in [-0.1, -0.05) is 24.3 Å². The zero-order valence-electron chi connectivity index (χ0n) is 16.9. The number of aromatic hydroxyl groups is 2. The number of nitrogens with zero attached hydrogens (tertiary/aromatic N) is 3. The maximum Gasteiger partial charge on any atom is 0.173 e. The zero-order valence-corrected chi connectivity index (χ0v) is 20.1. The Morgan fingerprint density at radius 3 is 2.47 bits per heavy atom. The largest absolute Gasteiger partial charge is 0.508 e. The summed E-state index contributed by atoms with van der Waals surface area (Å²) in [7, 11) is 0. The van der Waals surface area contributed by atoms with Crippen LogP contribution in [0.3, 0.4) is 0 Å². The SMILES string of the molecule is Cc1cc(Br)c(N=C(NN=Cc2ccc(O)cc2O)c2ccc3ccccc3n2)c(Br)c1. The van der Waals surface area contributed by atoms with Crippen molar-refractivity contribution >= 4 is 60.5 Å². The number of hydrazone groups is 1. The van der Waals surface area contributed by atoms with Crippen LogP contribution in [0.5, 0.6) is 11.5 Å². The fourth-order valence-electron chi connectivity index (χ4n) is 3.05. The van der Waals surface area contributed by atoms with Gasteiger partial charge in [0.05, 0.1) is 17.4 Å². The van der Waals surface area contributed by atoms with Gasteiger partial charge in [-0.25, -0.2) is 9.98 Å². The molecule has 8 heteroatoms. The van der Waals surface area contributed by atoms with Gasteiger partial charge < -0.3 is 10.2 Å². The maximum absolute atomic E-state index is 9.99. The van der Waals surface area contributed by atoms with Crippen LogP contribution in [0, 0.1) is 6.92 Å². The van der Waals surface area contributed by atoms with Crippen LogP contribution in [0.2, 0.25) is 0 Å². The Bertz CT molecular complexity index is 1350. The second-order valence-electron chi connectivity index (χ2n) is 7.04. The lowest BCUT2D eigenvalue weighted by Gasteiger charge is -2.10. The highest BCUT2D eigenvalue weighted by molar-refractivity contribution is 9.11. The Balaban J connectivity index is 1.76. The lowest BCUT2D eigenvalue weighted by Crippen LogP contribution is -2.20. The molecule has 0 unspecified atom stereocenters. The molecule has 160 valence electrons. The molecule has 1 aromatic heterocycles. The van der Waals surface area contributed by atoms with E-state index in [9.17, 15) is 10.2 Å². The summed E-state index contributed by atoms with van der Waals surface area (Å²) in [6.45, 7) is 2.00. The van der Waals surface area contributed by atoms with E-state index in [0.717, 1.165) is 25.4 Å². The molecule has 0 bridgehead atoms. The van der Waals surface area contributed by atoms with Gasteiger partial charge in [-0.3, -0.25) is 5.43 Å². The number of rotatable bonds is 4. The first-order chi connectivity index (χ1) is 15.4. The first-order valence-corrected chi connectivity index (χ1v) is 11.2. The van der Waals surface area contributed by atoms with Crippen LogP contribution in [0.25, 0.3) is 10.9 Å². The summed E-state index contributed by atoms with van der Waals surface area (Å²) in [5.74, 6) is 0.321. The quantitative estimate of drug-likeness (QED) is 0.160. The predicted octanol–water partition coefficient (Wildman–Crippen LogP) is 6.18. The van der Waals surface area contributed by atoms with Gasteiger partial charge in [-0.15, -0.1) is 0 Å². The summed E-state index contributed by atoms with van der Waals surface area (Å²) in [4.78, 5) is 9.50. The third kappa shape index (κ3) is 4.98. The number of pyridine rings is 1. The first kappa shape index (κ1) is 22.0. The Labute approximate surface area is 201 Å². The number of amidine groups is 1. The van der Waals surface area contributed by atoms with Crippen LogP contribution >= 0.6 is 31.9 Å². The van der Waals surface area contributed by atoms with Gasteiger partial charge >= 0.3 is 0 Å². The third-order valence-electron chi connectivity index (χ3n) is 4.61. The lowest BCUT2D eigenvalue weighted by atomic mass is 10.2. The number of hydrogen-bond donors (Lipinski definition) is 3. The molecule has 1 heterocycles. The fraction of sp³-hybridized carbons (Fsp3) is 0.0417. The number of nitrogens with one attached hydrogen (secondary N) is 1. The monoisotopic (exact) mass is 552 g/mol.